The van der Waals surface area contributed by atoms with Crippen molar-refractivity contribution in [3.8, 4) is 27.9 Å². The second kappa shape index (κ2) is 11.4. The summed E-state index contributed by atoms with van der Waals surface area (Å²) in [4.78, 5) is 2.44. The van der Waals surface area contributed by atoms with Crippen molar-refractivity contribution >= 4 is 49.6 Å². The van der Waals surface area contributed by atoms with Crippen molar-refractivity contribution in [1.29, 1.82) is 0 Å². The molecule has 0 bridgehead atoms. The Morgan fingerprint density at radius 1 is 0.327 bits per heavy atom. The molecule has 55 heavy (non-hydrogen) atoms. The van der Waals surface area contributed by atoms with Crippen molar-refractivity contribution in [3.63, 3.8) is 0 Å². The Balaban J connectivity index is 1.10. The molecule has 2 aliphatic carbocycles. The Hall–Kier alpha value is -7.16. The lowest BCUT2D eigenvalue weighted by atomic mass is 9.70. The van der Waals surface area contributed by atoms with E-state index in [1.165, 1.54) is 77.1 Å². The Morgan fingerprint density at radius 3 is 1.60 bits per heavy atom. The van der Waals surface area contributed by atoms with Gasteiger partial charge in [-0.3, -0.25) is 0 Å². The molecule has 256 valence electrons. The first kappa shape index (κ1) is 30.3. The fourth-order valence-electron chi connectivity index (χ4n) is 9.94. The van der Waals surface area contributed by atoms with Gasteiger partial charge in [0.2, 0.25) is 0 Å². The van der Waals surface area contributed by atoms with Gasteiger partial charge in [0.25, 0.3) is 0 Å². The smallest absolute Gasteiger partial charge is 0.0726 e. The van der Waals surface area contributed by atoms with Crippen LogP contribution in [0.3, 0.4) is 0 Å². The highest BCUT2D eigenvalue weighted by Crippen LogP contribution is 2.63. The summed E-state index contributed by atoms with van der Waals surface area (Å²) in [5.74, 6) is 0. The SMILES string of the molecule is c1ccc(N(c2ccc3c(c2)C2(c4ccccc4-c4ccccc42)c2ccccc2-3)c2ccc3c(c2)c2ccccc2n3-c2ccc3ccccc3c2)cc1. The summed E-state index contributed by atoms with van der Waals surface area (Å²) in [6.45, 7) is 0. The molecule has 1 aromatic heterocycles. The highest BCUT2D eigenvalue weighted by Gasteiger charge is 2.51. The van der Waals surface area contributed by atoms with Crippen molar-refractivity contribution in [2.45, 2.75) is 5.41 Å². The summed E-state index contributed by atoms with van der Waals surface area (Å²) in [5, 5.41) is 4.95. The van der Waals surface area contributed by atoms with Crippen LogP contribution < -0.4 is 4.90 Å². The third kappa shape index (κ3) is 4.14. The average Bonchev–Trinajstić information content (AvgIpc) is 3.86. The molecule has 12 rings (SSSR count). The summed E-state index contributed by atoms with van der Waals surface area (Å²) in [6.07, 6.45) is 0. The molecule has 0 unspecified atom stereocenters. The Morgan fingerprint density at radius 2 is 0.873 bits per heavy atom. The van der Waals surface area contributed by atoms with E-state index >= 15 is 0 Å². The van der Waals surface area contributed by atoms with E-state index in [1.54, 1.807) is 0 Å². The first-order valence-corrected chi connectivity index (χ1v) is 19.1. The number of aromatic nitrogens is 1. The van der Waals surface area contributed by atoms with E-state index in [-0.39, 0.29) is 0 Å². The largest absolute Gasteiger partial charge is 0.310 e. The van der Waals surface area contributed by atoms with Crippen LogP contribution in [0.4, 0.5) is 17.1 Å². The topological polar surface area (TPSA) is 8.17 Å². The van der Waals surface area contributed by atoms with Crippen molar-refractivity contribution in [3.05, 3.63) is 229 Å². The molecule has 2 heteroatoms. The minimum absolute atomic E-state index is 0.408. The van der Waals surface area contributed by atoms with Gasteiger partial charge in [-0.2, -0.15) is 0 Å². The second-order valence-electron chi connectivity index (χ2n) is 14.9. The van der Waals surface area contributed by atoms with Gasteiger partial charge < -0.3 is 9.47 Å². The molecule has 0 radical (unpaired) electrons. The fraction of sp³-hybridized carbons (Fsp3) is 0.0189. The molecule has 0 N–H and O–H groups in total. The van der Waals surface area contributed by atoms with Gasteiger partial charge in [-0.05, 0) is 116 Å². The van der Waals surface area contributed by atoms with E-state index in [9.17, 15) is 0 Å². The molecule has 0 saturated carbocycles. The van der Waals surface area contributed by atoms with Gasteiger partial charge in [-0.25, -0.2) is 0 Å². The van der Waals surface area contributed by atoms with Gasteiger partial charge in [0.05, 0.1) is 16.4 Å². The van der Waals surface area contributed by atoms with E-state index in [0.717, 1.165) is 22.7 Å². The molecule has 0 amide bonds. The van der Waals surface area contributed by atoms with Crippen LogP contribution in [0.1, 0.15) is 22.3 Å². The lowest BCUT2D eigenvalue weighted by Gasteiger charge is -2.32. The van der Waals surface area contributed by atoms with Gasteiger partial charge >= 0.3 is 0 Å². The molecule has 1 heterocycles. The van der Waals surface area contributed by atoms with Gasteiger partial charge in [0.1, 0.15) is 0 Å². The van der Waals surface area contributed by atoms with Crippen LogP contribution in [-0.4, -0.2) is 4.57 Å². The average molecular weight is 699 g/mol. The van der Waals surface area contributed by atoms with E-state index in [1.807, 2.05) is 0 Å². The maximum Gasteiger partial charge on any atom is 0.0726 e. The maximum absolute atomic E-state index is 2.48. The minimum Gasteiger partial charge on any atom is -0.310 e. The Labute approximate surface area is 319 Å². The van der Waals surface area contributed by atoms with Crippen LogP contribution in [0.5, 0.6) is 0 Å². The number of rotatable bonds is 4. The van der Waals surface area contributed by atoms with Crippen molar-refractivity contribution < 1.29 is 0 Å². The first-order chi connectivity index (χ1) is 27.3. The number of benzene rings is 9. The molecular formula is C53H34N2. The number of hydrogen-bond donors (Lipinski definition) is 0. The van der Waals surface area contributed by atoms with Gasteiger partial charge in [0, 0.05) is 33.5 Å². The number of anilines is 3. The normalized spacial score (nSPS) is 13.2. The zero-order valence-corrected chi connectivity index (χ0v) is 30.0. The molecular weight excluding hydrogens is 665 g/mol. The molecule has 9 aromatic carbocycles. The van der Waals surface area contributed by atoms with Crippen LogP contribution in [0.25, 0.3) is 60.5 Å². The van der Waals surface area contributed by atoms with Crippen molar-refractivity contribution in [2.75, 3.05) is 4.90 Å². The fourth-order valence-corrected chi connectivity index (χ4v) is 9.94. The summed E-state index contributed by atoms with van der Waals surface area (Å²) in [6, 6.07) is 76.3. The molecule has 10 aromatic rings. The zero-order valence-electron chi connectivity index (χ0n) is 30.0. The Bertz CT molecular complexity index is 3100. The number of fused-ring (bicyclic) bond motifs is 14. The van der Waals surface area contributed by atoms with Crippen LogP contribution in [-0.2, 0) is 5.41 Å². The molecule has 0 saturated heterocycles. The quantitative estimate of drug-likeness (QED) is 0.178. The van der Waals surface area contributed by atoms with Crippen molar-refractivity contribution in [2.24, 2.45) is 0 Å². The summed E-state index contributed by atoms with van der Waals surface area (Å²) in [5.41, 5.74) is 17.2. The third-order valence-corrected chi connectivity index (χ3v) is 12.2. The highest BCUT2D eigenvalue weighted by molar-refractivity contribution is 6.11. The van der Waals surface area contributed by atoms with E-state index < -0.39 is 5.41 Å². The minimum atomic E-state index is -0.408. The molecule has 0 atom stereocenters. The zero-order chi connectivity index (χ0) is 36.1. The predicted molar refractivity (Wildman–Crippen MR) is 229 cm³/mol. The van der Waals surface area contributed by atoms with Gasteiger partial charge in [-0.1, -0.05) is 146 Å². The predicted octanol–water partition coefficient (Wildman–Crippen LogP) is 13.8. The standard InChI is InChI=1S/C53H34N2/c1-2-16-37(17-3-1)54(39-29-31-52-46(33-39)45-21-9-13-25-51(45)55(52)38-27-26-35-14-4-5-15-36(35)32-38)40-28-30-44-43-20-8-12-24-49(43)53(50(44)34-40)47-22-10-6-18-41(47)42-19-7-11-23-48(42)53/h1-34H. The van der Waals surface area contributed by atoms with Crippen LogP contribution in [0, 0.1) is 0 Å². The lowest BCUT2D eigenvalue weighted by Crippen LogP contribution is -2.26. The third-order valence-electron chi connectivity index (χ3n) is 12.2. The van der Waals surface area contributed by atoms with Gasteiger partial charge in [-0.15, -0.1) is 0 Å². The van der Waals surface area contributed by atoms with E-state index in [0.29, 0.717) is 0 Å². The van der Waals surface area contributed by atoms with Crippen molar-refractivity contribution in [1.82, 2.24) is 4.57 Å². The number of nitrogens with zero attached hydrogens (tertiary/aromatic N) is 2. The maximum atomic E-state index is 2.48. The van der Waals surface area contributed by atoms with Gasteiger partial charge in [0.15, 0.2) is 0 Å². The van der Waals surface area contributed by atoms with E-state index in [4.69, 9.17) is 0 Å². The molecule has 1 spiro atoms. The molecule has 0 aliphatic heterocycles. The monoisotopic (exact) mass is 698 g/mol. The summed E-state index contributed by atoms with van der Waals surface area (Å²) < 4.78 is 2.42. The number of para-hydroxylation sites is 2. The van der Waals surface area contributed by atoms with Crippen LogP contribution >= 0.6 is 0 Å². The van der Waals surface area contributed by atoms with Crippen LogP contribution in [0.15, 0.2) is 206 Å². The van der Waals surface area contributed by atoms with E-state index in [2.05, 4.69) is 216 Å². The highest BCUT2D eigenvalue weighted by atomic mass is 15.1. The van der Waals surface area contributed by atoms with Crippen LogP contribution in [0.2, 0.25) is 0 Å². The molecule has 0 fully saturated rings. The first-order valence-electron chi connectivity index (χ1n) is 19.1. The number of hydrogen-bond acceptors (Lipinski definition) is 1. The second-order valence-corrected chi connectivity index (χ2v) is 14.9. The molecule has 2 aliphatic rings. The summed E-state index contributed by atoms with van der Waals surface area (Å²) in [7, 11) is 0. The lowest BCUT2D eigenvalue weighted by molar-refractivity contribution is 0.793. The Kier molecular flexibility index (Phi) is 6.29. The summed E-state index contributed by atoms with van der Waals surface area (Å²) >= 11 is 0. The molecule has 2 nitrogen and oxygen atoms in total.